The zero-order chi connectivity index (χ0) is 17.7. The van der Waals surface area contributed by atoms with Crippen molar-refractivity contribution < 1.29 is 9.59 Å². The summed E-state index contributed by atoms with van der Waals surface area (Å²) in [7, 11) is 3.95. The number of amides is 2. The van der Waals surface area contributed by atoms with Gasteiger partial charge in [-0.3, -0.25) is 14.3 Å². The number of nitrogens with one attached hydrogen (secondary N) is 1. The van der Waals surface area contributed by atoms with Crippen molar-refractivity contribution in [2.24, 2.45) is 5.92 Å². The van der Waals surface area contributed by atoms with E-state index in [1.165, 1.54) is 0 Å². The lowest BCUT2D eigenvalue weighted by atomic mass is 10.1. The first-order valence-corrected chi connectivity index (χ1v) is 8.45. The van der Waals surface area contributed by atoms with Crippen molar-refractivity contribution in [3.8, 4) is 0 Å². The topological polar surface area (TPSA) is 83.4 Å². The van der Waals surface area contributed by atoms with Crippen LogP contribution in [0.5, 0.6) is 0 Å². The second-order valence-electron chi connectivity index (χ2n) is 6.62. The summed E-state index contributed by atoms with van der Waals surface area (Å²) in [5.74, 6) is 1.47. The van der Waals surface area contributed by atoms with Crippen LogP contribution < -0.4 is 5.32 Å². The molecule has 1 fully saturated rings. The largest absolute Gasteiger partial charge is 0.356 e. The SMILES string of the molecule is Cc1nc(C)n(CCCNC(=O)[C@H]2CC(=O)N(CCN(C)C)C2)n1. The average Bonchev–Trinajstić information content (AvgIpc) is 3.03. The molecule has 8 nitrogen and oxygen atoms in total. The number of hydrogen-bond acceptors (Lipinski definition) is 5. The minimum atomic E-state index is -0.227. The van der Waals surface area contributed by atoms with Gasteiger partial charge < -0.3 is 15.1 Å². The highest BCUT2D eigenvalue weighted by Crippen LogP contribution is 2.17. The molecule has 1 aliphatic rings. The van der Waals surface area contributed by atoms with Crippen molar-refractivity contribution in [1.82, 2.24) is 29.9 Å². The van der Waals surface area contributed by atoms with Gasteiger partial charge in [0.05, 0.1) is 5.92 Å². The molecule has 0 unspecified atom stereocenters. The van der Waals surface area contributed by atoms with Crippen molar-refractivity contribution >= 4 is 11.8 Å². The Morgan fingerprint density at radius 3 is 2.71 bits per heavy atom. The van der Waals surface area contributed by atoms with E-state index in [2.05, 4.69) is 15.4 Å². The minimum Gasteiger partial charge on any atom is -0.356 e. The van der Waals surface area contributed by atoms with Crippen molar-refractivity contribution in [1.29, 1.82) is 0 Å². The van der Waals surface area contributed by atoms with Gasteiger partial charge >= 0.3 is 0 Å². The van der Waals surface area contributed by atoms with Gasteiger partial charge in [-0.1, -0.05) is 0 Å². The van der Waals surface area contributed by atoms with E-state index < -0.39 is 0 Å². The lowest BCUT2D eigenvalue weighted by Gasteiger charge is -2.19. The number of rotatable bonds is 8. The van der Waals surface area contributed by atoms with Gasteiger partial charge in [0.1, 0.15) is 11.6 Å². The van der Waals surface area contributed by atoms with E-state index in [-0.39, 0.29) is 17.7 Å². The monoisotopic (exact) mass is 336 g/mol. The van der Waals surface area contributed by atoms with E-state index in [9.17, 15) is 9.59 Å². The van der Waals surface area contributed by atoms with Gasteiger partial charge in [0, 0.05) is 39.1 Å². The highest BCUT2D eigenvalue weighted by Gasteiger charge is 2.33. The van der Waals surface area contributed by atoms with E-state index in [4.69, 9.17) is 0 Å². The van der Waals surface area contributed by atoms with Crippen molar-refractivity contribution in [2.75, 3.05) is 40.3 Å². The third kappa shape index (κ3) is 5.02. The summed E-state index contributed by atoms with van der Waals surface area (Å²) in [5.41, 5.74) is 0. The summed E-state index contributed by atoms with van der Waals surface area (Å²) >= 11 is 0. The Bertz CT molecular complexity index is 583. The Hall–Kier alpha value is -1.96. The van der Waals surface area contributed by atoms with Crippen LogP contribution in [0.2, 0.25) is 0 Å². The molecule has 1 saturated heterocycles. The summed E-state index contributed by atoms with van der Waals surface area (Å²) in [6, 6.07) is 0. The molecule has 0 aromatic carbocycles. The van der Waals surface area contributed by atoms with Crippen LogP contribution in [0.25, 0.3) is 0 Å². The van der Waals surface area contributed by atoms with Crippen LogP contribution in [0, 0.1) is 19.8 Å². The number of carbonyl (C=O) groups is 2. The van der Waals surface area contributed by atoms with Gasteiger partial charge in [-0.05, 0) is 34.4 Å². The molecule has 0 spiro atoms. The Balaban J connectivity index is 1.69. The van der Waals surface area contributed by atoms with Crippen LogP contribution >= 0.6 is 0 Å². The molecule has 1 atom stereocenters. The molecule has 0 saturated carbocycles. The highest BCUT2D eigenvalue weighted by atomic mass is 16.2. The quantitative estimate of drug-likeness (QED) is 0.666. The summed E-state index contributed by atoms with van der Waals surface area (Å²) < 4.78 is 1.85. The number of carbonyl (C=O) groups excluding carboxylic acids is 2. The fourth-order valence-corrected chi connectivity index (χ4v) is 2.84. The molecule has 24 heavy (non-hydrogen) atoms. The first kappa shape index (κ1) is 18.4. The highest BCUT2D eigenvalue weighted by molar-refractivity contribution is 5.89. The van der Waals surface area contributed by atoms with Gasteiger partial charge in [-0.15, -0.1) is 0 Å². The molecule has 1 N–H and O–H groups in total. The van der Waals surface area contributed by atoms with Crippen LogP contribution in [-0.2, 0) is 16.1 Å². The van der Waals surface area contributed by atoms with Crippen molar-refractivity contribution in [2.45, 2.75) is 33.2 Å². The summed E-state index contributed by atoms with van der Waals surface area (Å²) in [5, 5.41) is 7.23. The predicted molar refractivity (Wildman–Crippen MR) is 90.4 cm³/mol. The molecule has 0 aliphatic carbocycles. The lowest BCUT2D eigenvalue weighted by Crippen LogP contribution is -2.36. The zero-order valence-electron chi connectivity index (χ0n) is 15.1. The third-order valence-corrected chi connectivity index (χ3v) is 4.21. The van der Waals surface area contributed by atoms with Crippen molar-refractivity contribution in [3.63, 3.8) is 0 Å². The third-order valence-electron chi connectivity index (χ3n) is 4.21. The van der Waals surface area contributed by atoms with Gasteiger partial charge in [-0.2, -0.15) is 5.10 Å². The lowest BCUT2D eigenvalue weighted by molar-refractivity contribution is -0.129. The van der Waals surface area contributed by atoms with Gasteiger partial charge in [0.2, 0.25) is 11.8 Å². The standard InChI is InChI=1S/C16H28N6O2/c1-12-18-13(2)22(19-12)7-5-6-17-16(24)14-10-15(23)21(11-14)9-8-20(3)4/h14H,5-11H2,1-4H3,(H,17,24)/t14-/m0/s1. The predicted octanol–water partition coefficient (Wildman–Crippen LogP) is -0.189. The van der Waals surface area contributed by atoms with E-state index >= 15 is 0 Å². The maximum Gasteiger partial charge on any atom is 0.225 e. The number of likely N-dealkylation sites (tertiary alicyclic amines) is 1. The molecule has 2 rings (SSSR count). The normalized spacial score (nSPS) is 17.8. The summed E-state index contributed by atoms with van der Waals surface area (Å²) in [4.78, 5) is 32.3. The Morgan fingerprint density at radius 2 is 2.08 bits per heavy atom. The molecule has 1 aromatic rings. The molecule has 0 radical (unpaired) electrons. The molecular weight excluding hydrogens is 308 g/mol. The molecule has 1 aromatic heterocycles. The molecule has 0 bridgehead atoms. The van der Waals surface area contributed by atoms with E-state index in [1.807, 2.05) is 37.5 Å². The van der Waals surface area contributed by atoms with E-state index in [0.717, 1.165) is 31.2 Å². The van der Waals surface area contributed by atoms with E-state index in [1.54, 1.807) is 4.90 Å². The van der Waals surface area contributed by atoms with Crippen LogP contribution in [-0.4, -0.2) is 76.7 Å². The maximum atomic E-state index is 12.2. The smallest absolute Gasteiger partial charge is 0.225 e. The number of aryl methyl sites for hydroxylation is 3. The van der Waals surface area contributed by atoms with Crippen LogP contribution in [0.15, 0.2) is 0 Å². The molecule has 2 heterocycles. The average molecular weight is 336 g/mol. The molecular formula is C16H28N6O2. The second-order valence-corrected chi connectivity index (χ2v) is 6.62. The van der Waals surface area contributed by atoms with Gasteiger partial charge in [-0.25, -0.2) is 4.98 Å². The number of nitrogens with zero attached hydrogens (tertiary/aromatic N) is 5. The Labute approximate surface area is 143 Å². The number of hydrogen-bond donors (Lipinski definition) is 1. The molecule has 2 amide bonds. The number of likely N-dealkylation sites (N-methyl/N-ethyl adjacent to an activating group) is 1. The fourth-order valence-electron chi connectivity index (χ4n) is 2.84. The van der Waals surface area contributed by atoms with Crippen LogP contribution in [0.1, 0.15) is 24.5 Å². The minimum absolute atomic E-state index is 0.0257. The first-order chi connectivity index (χ1) is 11.4. The van der Waals surface area contributed by atoms with Crippen molar-refractivity contribution in [3.05, 3.63) is 11.6 Å². The summed E-state index contributed by atoms with van der Waals surface area (Å²) in [6.07, 6.45) is 1.11. The van der Waals surface area contributed by atoms with Gasteiger partial charge in [0.25, 0.3) is 0 Å². The van der Waals surface area contributed by atoms with Gasteiger partial charge in [0.15, 0.2) is 0 Å². The first-order valence-electron chi connectivity index (χ1n) is 8.45. The molecule has 134 valence electrons. The Kier molecular flexibility index (Phi) is 6.30. The van der Waals surface area contributed by atoms with Crippen LogP contribution in [0.4, 0.5) is 0 Å². The van der Waals surface area contributed by atoms with E-state index in [0.29, 0.717) is 26.1 Å². The molecule has 1 aliphatic heterocycles. The maximum absolute atomic E-state index is 12.2. The zero-order valence-corrected chi connectivity index (χ0v) is 15.1. The fraction of sp³-hybridized carbons (Fsp3) is 0.750. The Morgan fingerprint density at radius 1 is 1.33 bits per heavy atom. The van der Waals surface area contributed by atoms with Crippen LogP contribution in [0.3, 0.4) is 0 Å². The second kappa shape index (κ2) is 8.23. The summed E-state index contributed by atoms with van der Waals surface area (Å²) in [6.45, 7) is 7.12. The molecule has 8 heteroatoms. The number of aromatic nitrogens is 3.